The van der Waals surface area contributed by atoms with Gasteiger partial charge in [0.25, 0.3) is 0 Å². The van der Waals surface area contributed by atoms with E-state index < -0.39 is 0 Å². The maximum Gasteiger partial charge on any atom is 0.110 e. The Morgan fingerprint density at radius 1 is 1.16 bits per heavy atom. The fourth-order valence-electron chi connectivity index (χ4n) is 3.23. The Kier molecular flexibility index (Phi) is 3.58. The molecule has 2 atom stereocenters. The van der Waals surface area contributed by atoms with Gasteiger partial charge < -0.3 is 5.32 Å². The van der Waals surface area contributed by atoms with Crippen LogP contribution in [0.3, 0.4) is 0 Å². The van der Waals surface area contributed by atoms with E-state index in [-0.39, 0.29) is 0 Å². The maximum atomic E-state index is 5.02. The van der Waals surface area contributed by atoms with Gasteiger partial charge in [-0.15, -0.1) is 11.3 Å². The van der Waals surface area contributed by atoms with Crippen molar-refractivity contribution >= 4 is 23.1 Å². The summed E-state index contributed by atoms with van der Waals surface area (Å²) in [6.07, 6.45) is 9.34. The van der Waals surface area contributed by atoms with Crippen molar-refractivity contribution in [1.82, 2.24) is 10.3 Å². The number of rotatable bonds is 4. The molecule has 0 amide bonds. The Morgan fingerprint density at radius 2 is 2.05 bits per heavy atom. The van der Waals surface area contributed by atoms with Crippen LogP contribution in [-0.4, -0.2) is 22.5 Å². The van der Waals surface area contributed by atoms with E-state index in [0.29, 0.717) is 6.04 Å². The van der Waals surface area contributed by atoms with Crippen LogP contribution in [0, 0.1) is 5.92 Å². The van der Waals surface area contributed by atoms with E-state index in [1.165, 1.54) is 67.2 Å². The van der Waals surface area contributed by atoms with Gasteiger partial charge in [-0.05, 0) is 62.4 Å². The Hall–Kier alpha value is -0.0600. The molecule has 104 valence electrons. The van der Waals surface area contributed by atoms with Gasteiger partial charge in [0.05, 0.1) is 11.7 Å². The average Bonchev–Trinajstić information content (AvgIpc) is 2.95. The Morgan fingerprint density at radius 3 is 2.79 bits per heavy atom. The summed E-state index contributed by atoms with van der Waals surface area (Å²) in [5.74, 6) is 3.49. The number of fused-ring (bicyclic) bond motifs is 1. The highest BCUT2D eigenvalue weighted by Gasteiger charge is 2.34. The van der Waals surface area contributed by atoms with Crippen molar-refractivity contribution in [1.29, 1.82) is 0 Å². The molecule has 3 aliphatic rings. The summed E-state index contributed by atoms with van der Waals surface area (Å²) in [5.41, 5.74) is 1.43. The summed E-state index contributed by atoms with van der Waals surface area (Å²) < 4.78 is 0. The molecule has 0 aromatic carbocycles. The molecule has 4 heteroatoms. The van der Waals surface area contributed by atoms with Gasteiger partial charge in [0, 0.05) is 10.9 Å². The lowest BCUT2D eigenvalue weighted by atomic mass is 9.99. The number of hydrogen-bond donors (Lipinski definition) is 1. The van der Waals surface area contributed by atoms with Gasteiger partial charge in [0.2, 0.25) is 0 Å². The Labute approximate surface area is 123 Å². The van der Waals surface area contributed by atoms with Crippen LogP contribution in [0.25, 0.3) is 0 Å². The number of aryl methyl sites for hydroxylation is 2. The van der Waals surface area contributed by atoms with Gasteiger partial charge in [0.15, 0.2) is 0 Å². The van der Waals surface area contributed by atoms with Crippen molar-refractivity contribution in [3.05, 3.63) is 15.6 Å². The van der Waals surface area contributed by atoms with Crippen LogP contribution in [0.4, 0.5) is 0 Å². The van der Waals surface area contributed by atoms with Crippen molar-refractivity contribution < 1.29 is 0 Å². The number of thiazole rings is 1. The Bertz CT molecular complexity index is 423. The van der Waals surface area contributed by atoms with Crippen LogP contribution >= 0.6 is 23.1 Å². The monoisotopic (exact) mass is 294 g/mol. The topological polar surface area (TPSA) is 24.9 Å². The van der Waals surface area contributed by atoms with Gasteiger partial charge in [0.1, 0.15) is 5.01 Å². The third-order valence-corrected chi connectivity index (χ3v) is 6.99. The van der Waals surface area contributed by atoms with E-state index in [1.807, 2.05) is 11.3 Å². The van der Waals surface area contributed by atoms with E-state index in [2.05, 4.69) is 17.1 Å². The van der Waals surface area contributed by atoms with Gasteiger partial charge in [-0.25, -0.2) is 4.98 Å². The lowest BCUT2D eigenvalue weighted by Gasteiger charge is -2.22. The van der Waals surface area contributed by atoms with E-state index in [0.717, 1.165) is 12.0 Å². The van der Waals surface area contributed by atoms with E-state index in [9.17, 15) is 0 Å². The van der Waals surface area contributed by atoms with Crippen LogP contribution in [0.1, 0.15) is 53.7 Å². The first-order chi connectivity index (χ1) is 9.40. The number of hydrogen-bond acceptors (Lipinski definition) is 4. The predicted octanol–water partition coefficient (Wildman–Crippen LogP) is 3.57. The predicted molar refractivity (Wildman–Crippen MR) is 83.1 cm³/mol. The molecule has 1 aliphatic heterocycles. The quantitative estimate of drug-likeness (QED) is 0.919. The highest BCUT2D eigenvalue weighted by molar-refractivity contribution is 7.99. The molecule has 1 aromatic heterocycles. The minimum absolute atomic E-state index is 0.554. The van der Waals surface area contributed by atoms with Crippen molar-refractivity contribution in [2.24, 2.45) is 5.92 Å². The van der Waals surface area contributed by atoms with Crippen molar-refractivity contribution in [3.63, 3.8) is 0 Å². The highest BCUT2D eigenvalue weighted by atomic mass is 32.2. The first-order valence-electron chi connectivity index (χ1n) is 7.72. The van der Waals surface area contributed by atoms with E-state index in [4.69, 9.17) is 4.98 Å². The largest absolute Gasteiger partial charge is 0.305 e. The maximum absolute atomic E-state index is 5.02. The van der Waals surface area contributed by atoms with Crippen LogP contribution in [0.2, 0.25) is 0 Å². The molecule has 2 unspecified atom stereocenters. The van der Waals surface area contributed by atoms with Crippen molar-refractivity contribution in [3.8, 4) is 0 Å². The molecule has 2 nitrogen and oxygen atoms in total. The van der Waals surface area contributed by atoms with Crippen molar-refractivity contribution in [2.75, 3.05) is 11.5 Å². The zero-order chi connectivity index (χ0) is 12.7. The highest BCUT2D eigenvalue weighted by Crippen LogP contribution is 2.39. The molecule has 1 aromatic rings. The third-order valence-electron chi connectivity index (χ3n) is 4.56. The molecular weight excluding hydrogens is 272 g/mol. The Balaban J connectivity index is 1.59. The second kappa shape index (κ2) is 5.38. The van der Waals surface area contributed by atoms with E-state index >= 15 is 0 Å². The second-order valence-corrected chi connectivity index (χ2v) is 8.44. The zero-order valence-corrected chi connectivity index (χ0v) is 13.0. The third kappa shape index (κ3) is 2.72. The lowest BCUT2D eigenvalue weighted by Crippen LogP contribution is -2.30. The summed E-state index contributed by atoms with van der Waals surface area (Å²) in [5, 5.41) is 5.30. The number of aromatic nitrogens is 1. The van der Waals surface area contributed by atoms with E-state index in [1.54, 1.807) is 4.88 Å². The fraction of sp³-hybridized carbons (Fsp3) is 0.800. The van der Waals surface area contributed by atoms with Gasteiger partial charge >= 0.3 is 0 Å². The molecule has 19 heavy (non-hydrogen) atoms. The van der Waals surface area contributed by atoms with Crippen molar-refractivity contribution in [2.45, 2.75) is 57.0 Å². The standard InChI is InChI=1S/C15H22N2S2/c1-2-4-13-12(3-1)17-15(19-13)14(16-11-5-6-11)10-7-8-18-9-10/h10-11,14,16H,1-9H2. The van der Waals surface area contributed by atoms with Gasteiger partial charge in [-0.2, -0.15) is 11.8 Å². The summed E-state index contributed by atoms with van der Waals surface area (Å²) in [4.78, 5) is 6.62. The fourth-order valence-corrected chi connectivity index (χ4v) is 5.84. The summed E-state index contributed by atoms with van der Waals surface area (Å²) in [7, 11) is 0. The average molecular weight is 294 g/mol. The number of nitrogens with one attached hydrogen (secondary N) is 1. The lowest BCUT2D eigenvalue weighted by molar-refractivity contribution is 0.388. The van der Waals surface area contributed by atoms with Crippen LogP contribution in [-0.2, 0) is 12.8 Å². The first kappa shape index (κ1) is 12.7. The molecule has 4 rings (SSSR count). The molecule has 1 saturated carbocycles. The first-order valence-corrected chi connectivity index (χ1v) is 9.69. The minimum Gasteiger partial charge on any atom is -0.305 e. The normalized spacial score (nSPS) is 28.3. The summed E-state index contributed by atoms with van der Waals surface area (Å²) in [6.45, 7) is 0. The molecule has 0 radical (unpaired) electrons. The molecule has 0 spiro atoms. The smallest absolute Gasteiger partial charge is 0.110 e. The second-order valence-electron chi connectivity index (χ2n) is 6.17. The SMILES string of the molecule is C1CCc2sc(C(NC3CC3)C3CCSC3)nc2C1. The molecule has 1 N–H and O–H groups in total. The minimum atomic E-state index is 0.554. The molecule has 0 bridgehead atoms. The summed E-state index contributed by atoms with van der Waals surface area (Å²) >= 11 is 4.14. The van der Waals surface area contributed by atoms with Gasteiger partial charge in [-0.3, -0.25) is 0 Å². The summed E-state index contributed by atoms with van der Waals surface area (Å²) in [6, 6.07) is 1.34. The number of nitrogens with zero attached hydrogens (tertiary/aromatic N) is 1. The molecular formula is C15H22N2S2. The molecule has 2 fully saturated rings. The zero-order valence-electron chi connectivity index (χ0n) is 11.4. The van der Waals surface area contributed by atoms with Crippen LogP contribution in [0.15, 0.2) is 0 Å². The molecule has 2 heterocycles. The van der Waals surface area contributed by atoms with Crippen LogP contribution < -0.4 is 5.32 Å². The van der Waals surface area contributed by atoms with Gasteiger partial charge in [-0.1, -0.05) is 0 Å². The molecule has 2 aliphatic carbocycles. The number of thioether (sulfide) groups is 1. The molecule has 1 saturated heterocycles. The van der Waals surface area contributed by atoms with Crippen LogP contribution in [0.5, 0.6) is 0 Å².